The minimum Gasteiger partial charge on any atom is -0.461 e. The van der Waals surface area contributed by atoms with Gasteiger partial charge in [0.05, 0.1) is 11.3 Å². The lowest BCUT2D eigenvalue weighted by Crippen LogP contribution is -2.36. The monoisotopic (exact) mass is 358 g/mol. The molecule has 1 saturated carbocycles. The van der Waals surface area contributed by atoms with Crippen molar-refractivity contribution in [2.75, 3.05) is 5.75 Å². The Kier molecular flexibility index (Phi) is 5.94. The van der Waals surface area contributed by atoms with Crippen molar-refractivity contribution in [1.82, 2.24) is 9.97 Å². The highest BCUT2D eigenvalue weighted by Gasteiger charge is 2.33. The first-order valence-corrected chi connectivity index (χ1v) is 10.0. The molecule has 0 saturated heterocycles. The number of carbonyl (C=O) groups excluding carboxylic acids is 1. The molecule has 0 aliphatic heterocycles. The van der Waals surface area contributed by atoms with Crippen molar-refractivity contribution < 1.29 is 9.53 Å². The van der Waals surface area contributed by atoms with Crippen LogP contribution < -0.4 is 0 Å². The predicted octanol–water partition coefficient (Wildman–Crippen LogP) is 4.73. The Morgan fingerprint density at radius 3 is 2.88 bits per heavy atom. The van der Waals surface area contributed by atoms with E-state index < -0.39 is 0 Å². The van der Waals surface area contributed by atoms with Gasteiger partial charge in [-0.3, -0.25) is 4.79 Å². The van der Waals surface area contributed by atoms with Gasteiger partial charge in [0.15, 0.2) is 0 Å². The predicted molar refractivity (Wildman–Crippen MR) is 101 cm³/mol. The van der Waals surface area contributed by atoms with E-state index in [1.807, 2.05) is 24.3 Å². The van der Waals surface area contributed by atoms with Crippen LogP contribution in [0.1, 0.15) is 40.0 Å². The quantitative estimate of drug-likeness (QED) is 0.439. The molecule has 0 radical (unpaired) electrons. The fraction of sp³-hybridized carbons (Fsp3) is 0.550. The van der Waals surface area contributed by atoms with E-state index in [1.165, 1.54) is 18.2 Å². The number of fused-ring (bicyclic) bond motifs is 1. The van der Waals surface area contributed by atoms with Gasteiger partial charge in [-0.15, -0.1) is 0 Å². The fourth-order valence-corrected chi connectivity index (χ4v) is 4.45. The average Bonchev–Trinajstić information content (AvgIpc) is 2.59. The molecule has 0 unspecified atom stereocenters. The molecule has 2 aromatic rings. The summed E-state index contributed by atoms with van der Waals surface area (Å²) in [6, 6.07) is 7.86. The summed E-state index contributed by atoms with van der Waals surface area (Å²) in [6.07, 6.45) is 4.97. The molecule has 4 nitrogen and oxygen atoms in total. The molecule has 134 valence electrons. The lowest BCUT2D eigenvalue weighted by Gasteiger charge is -2.36. The first kappa shape index (κ1) is 18.2. The number of esters is 1. The third kappa shape index (κ3) is 4.51. The van der Waals surface area contributed by atoms with Gasteiger partial charge >= 0.3 is 5.97 Å². The van der Waals surface area contributed by atoms with Crippen molar-refractivity contribution in [3.8, 4) is 0 Å². The van der Waals surface area contributed by atoms with Gasteiger partial charge in [-0.05, 0) is 36.7 Å². The van der Waals surface area contributed by atoms with E-state index in [0.29, 0.717) is 17.8 Å². The molecule has 25 heavy (non-hydrogen) atoms. The number of aromatic nitrogens is 2. The molecule has 1 heterocycles. The Labute approximate surface area is 153 Å². The maximum Gasteiger partial charge on any atom is 0.316 e. The topological polar surface area (TPSA) is 52.1 Å². The van der Waals surface area contributed by atoms with Gasteiger partial charge < -0.3 is 4.74 Å². The van der Waals surface area contributed by atoms with Crippen molar-refractivity contribution in [3.05, 3.63) is 30.6 Å². The van der Waals surface area contributed by atoms with Gasteiger partial charge in [-0.25, -0.2) is 9.97 Å². The lowest BCUT2D eigenvalue weighted by atomic mass is 9.75. The number of rotatable bonds is 5. The third-order valence-electron chi connectivity index (χ3n) is 5.08. The molecule has 5 heteroatoms. The molecule has 0 bridgehead atoms. The normalized spacial score (nSPS) is 23.8. The van der Waals surface area contributed by atoms with E-state index in [-0.39, 0.29) is 17.8 Å². The SMILES string of the molecule is CC(C)[C@@H]1CC[C@H](C)C[C@H]1OC(=O)CSc1ncnc2ccccc12. The summed E-state index contributed by atoms with van der Waals surface area (Å²) in [6.45, 7) is 6.70. The molecular weight excluding hydrogens is 332 g/mol. The second-order valence-corrected chi connectivity index (χ2v) is 8.30. The largest absolute Gasteiger partial charge is 0.461 e. The highest BCUT2D eigenvalue weighted by atomic mass is 32.2. The summed E-state index contributed by atoms with van der Waals surface area (Å²) in [4.78, 5) is 21.0. The Morgan fingerprint density at radius 2 is 2.08 bits per heavy atom. The molecule has 1 aromatic heterocycles. The maximum absolute atomic E-state index is 12.4. The minimum absolute atomic E-state index is 0.0546. The smallest absolute Gasteiger partial charge is 0.316 e. The zero-order valence-electron chi connectivity index (χ0n) is 15.1. The van der Waals surface area contributed by atoms with Gasteiger partial charge in [-0.1, -0.05) is 57.2 Å². The third-order valence-corrected chi connectivity index (χ3v) is 6.06. The van der Waals surface area contributed by atoms with Crippen LogP contribution in [0.3, 0.4) is 0 Å². The van der Waals surface area contributed by atoms with E-state index in [9.17, 15) is 4.79 Å². The van der Waals surface area contributed by atoms with Crippen LogP contribution in [-0.2, 0) is 9.53 Å². The number of ether oxygens (including phenoxy) is 1. The van der Waals surface area contributed by atoms with Crippen molar-refractivity contribution in [1.29, 1.82) is 0 Å². The molecule has 3 atom stereocenters. The molecule has 1 aliphatic carbocycles. The molecular formula is C20H26N2O2S. The molecule has 0 amide bonds. The summed E-state index contributed by atoms with van der Waals surface area (Å²) in [5.74, 6) is 1.80. The van der Waals surface area contributed by atoms with Crippen molar-refractivity contribution in [2.45, 2.75) is 51.2 Å². The van der Waals surface area contributed by atoms with E-state index >= 15 is 0 Å². The van der Waals surface area contributed by atoms with Crippen LogP contribution in [-0.4, -0.2) is 27.8 Å². The molecule has 3 rings (SSSR count). The van der Waals surface area contributed by atoms with E-state index in [1.54, 1.807) is 6.33 Å². The van der Waals surface area contributed by atoms with Gasteiger partial charge in [-0.2, -0.15) is 0 Å². The molecule has 0 spiro atoms. The zero-order valence-corrected chi connectivity index (χ0v) is 16.0. The van der Waals surface area contributed by atoms with Crippen LogP contribution in [0.5, 0.6) is 0 Å². The van der Waals surface area contributed by atoms with Gasteiger partial charge in [0.25, 0.3) is 0 Å². The van der Waals surface area contributed by atoms with Crippen molar-refractivity contribution >= 4 is 28.6 Å². The standard InChI is InChI=1S/C20H26N2O2S/c1-13(2)15-9-8-14(3)10-18(15)24-19(23)11-25-20-16-6-4-5-7-17(16)21-12-22-20/h4-7,12-15,18H,8-11H2,1-3H3/t14-,15-,18+/m0/s1. The van der Waals surface area contributed by atoms with E-state index in [2.05, 4.69) is 30.7 Å². The van der Waals surface area contributed by atoms with Crippen LogP contribution in [0, 0.1) is 17.8 Å². The van der Waals surface area contributed by atoms with Crippen LogP contribution in [0.2, 0.25) is 0 Å². The first-order chi connectivity index (χ1) is 12.0. The number of hydrogen-bond donors (Lipinski definition) is 0. The number of hydrogen-bond acceptors (Lipinski definition) is 5. The Hall–Kier alpha value is -1.62. The van der Waals surface area contributed by atoms with E-state index in [0.717, 1.165) is 28.8 Å². The number of nitrogens with zero attached hydrogens (tertiary/aromatic N) is 2. The van der Waals surface area contributed by atoms with E-state index in [4.69, 9.17) is 4.74 Å². The molecule has 0 N–H and O–H groups in total. The highest BCUT2D eigenvalue weighted by molar-refractivity contribution is 8.00. The second-order valence-electron chi connectivity index (χ2n) is 7.34. The fourth-order valence-electron chi connectivity index (χ4n) is 3.68. The summed E-state index contributed by atoms with van der Waals surface area (Å²) < 4.78 is 5.87. The Balaban J connectivity index is 1.62. The molecule has 1 aromatic carbocycles. The Bertz CT molecular complexity index is 729. The minimum atomic E-state index is -0.141. The lowest BCUT2D eigenvalue weighted by molar-refractivity contribution is -0.152. The molecule has 1 aliphatic rings. The number of carbonyl (C=O) groups is 1. The van der Waals surface area contributed by atoms with Crippen molar-refractivity contribution in [2.24, 2.45) is 17.8 Å². The maximum atomic E-state index is 12.4. The van der Waals surface area contributed by atoms with Crippen LogP contribution in [0.4, 0.5) is 0 Å². The average molecular weight is 359 g/mol. The van der Waals surface area contributed by atoms with Gasteiger partial charge in [0.2, 0.25) is 0 Å². The van der Waals surface area contributed by atoms with Gasteiger partial charge in [0, 0.05) is 5.39 Å². The summed E-state index contributed by atoms with van der Waals surface area (Å²) in [5.41, 5.74) is 0.898. The number of para-hydroxylation sites is 1. The van der Waals surface area contributed by atoms with Gasteiger partial charge in [0.1, 0.15) is 17.5 Å². The number of thioether (sulfide) groups is 1. The first-order valence-electron chi connectivity index (χ1n) is 9.06. The summed E-state index contributed by atoms with van der Waals surface area (Å²) >= 11 is 1.43. The van der Waals surface area contributed by atoms with Crippen LogP contribution in [0.25, 0.3) is 10.9 Å². The summed E-state index contributed by atoms with van der Waals surface area (Å²) in [7, 11) is 0. The second kappa shape index (κ2) is 8.17. The van der Waals surface area contributed by atoms with Crippen LogP contribution in [0.15, 0.2) is 35.6 Å². The number of benzene rings is 1. The Morgan fingerprint density at radius 1 is 1.28 bits per heavy atom. The molecule has 1 fully saturated rings. The summed E-state index contributed by atoms with van der Waals surface area (Å²) in [5, 5.41) is 1.81. The van der Waals surface area contributed by atoms with Crippen LogP contribution >= 0.6 is 11.8 Å². The zero-order chi connectivity index (χ0) is 17.8. The van der Waals surface area contributed by atoms with Crippen molar-refractivity contribution in [3.63, 3.8) is 0 Å². The highest BCUT2D eigenvalue weighted by Crippen LogP contribution is 2.35.